The Labute approximate surface area is 170 Å². The van der Waals surface area contributed by atoms with Crippen LogP contribution in [0.3, 0.4) is 0 Å². The molecule has 1 N–H and O–H groups in total. The van der Waals surface area contributed by atoms with Gasteiger partial charge in [0.05, 0.1) is 11.4 Å². The first kappa shape index (κ1) is 19.3. The number of benzene rings is 1. The molecule has 0 saturated heterocycles. The Hall–Kier alpha value is -3.07. The van der Waals surface area contributed by atoms with E-state index in [9.17, 15) is 14.0 Å². The number of anilines is 1. The summed E-state index contributed by atoms with van der Waals surface area (Å²) >= 11 is 1.30. The van der Waals surface area contributed by atoms with Gasteiger partial charge in [-0.25, -0.2) is 18.9 Å². The van der Waals surface area contributed by atoms with Gasteiger partial charge in [-0.3, -0.25) is 10.1 Å². The Bertz CT molecular complexity index is 1060. The lowest BCUT2D eigenvalue weighted by Gasteiger charge is -2.14. The van der Waals surface area contributed by atoms with Crippen molar-refractivity contribution in [1.29, 1.82) is 0 Å². The summed E-state index contributed by atoms with van der Waals surface area (Å²) in [5.41, 5.74) is 3.46. The fourth-order valence-electron chi connectivity index (χ4n) is 3.33. The van der Waals surface area contributed by atoms with Gasteiger partial charge in [0.2, 0.25) is 0 Å². The van der Waals surface area contributed by atoms with Crippen molar-refractivity contribution in [3.63, 3.8) is 0 Å². The number of thiazole rings is 1. The summed E-state index contributed by atoms with van der Waals surface area (Å²) in [6.45, 7) is 1.41. The lowest BCUT2D eigenvalue weighted by atomic mass is 9.95. The maximum Gasteiger partial charge on any atom is 0.359 e. The minimum absolute atomic E-state index is 0.210. The number of nitrogens with zero attached hydrogens (tertiary/aromatic N) is 3. The molecule has 1 aromatic carbocycles. The molecule has 150 valence electrons. The summed E-state index contributed by atoms with van der Waals surface area (Å²) < 4.78 is 20.1. The minimum atomic E-state index is -0.644. The van der Waals surface area contributed by atoms with Gasteiger partial charge < -0.3 is 4.74 Å². The number of rotatable bonds is 5. The predicted octanol–water partition coefficient (Wildman–Crippen LogP) is 3.45. The molecule has 2 aromatic heterocycles. The highest BCUT2D eigenvalue weighted by Gasteiger charge is 2.27. The first-order chi connectivity index (χ1) is 14.0. The van der Waals surface area contributed by atoms with E-state index >= 15 is 0 Å². The number of aromatic nitrogens is 3. The van der Waals surface area contributed by atoms with Gasteiger partial charge in [0.15, 0.2) is 17.4 Å². The lowest BCUT2D eigenvalue weighted by Crippen LogP contribution is -2.21. The molecule has 0 aliphatic heterocycles. The molecular formula is C20H19FN4O3S. The van der Waals surface area contributed by atoms with Crippen LogP contribution in [0.15, 0.2) is 29.6 Å². The van der Waals surface area contributed by atoms with Crippen LogP contribution in [-0.2, 0) is 22.4 Å². The zero-order chi connectivity index (χ0) is 20.4. The van der Waals surface area contributed by atoms with E-state index in [1.165, 1.54) is 23.5 Å². The molecule has 7 nitrogen and oxygen atoms in total. The number of aryl methyl sites for hydroxylation is 1. The van der Waals surface area contributed by atoms with Gasteiger partial charge in [0.25, 0.3) is 5.91 Å². The number of carbonyl (C=O) groups excluding carboxylic acids is 2. The predicted molar refractivity (Wildman–Crippen MR) is 106 cm³/mol. The maximum atomic E-state index is 13.3. The SMILES string of the molecule is Cc1csc(NC(=O)COC(=O)c2nn(-c3ccc(F)cc3)c3c2CCCC3)n1. The third-order valence-corrected chi connectivity index (χ3v) is 5.52. The van der Waals surface area contributed by atoms with E-state index in [1.807, 2.05) is 12.3 Å². The van der Waals surface area contributed by atoms with Crippen LogP contribution in [-0.4, -0.2) is 33.2 Å². The van der Waals surface area contributed by atoms with Crippen LogP contribution in [0.25, 0.3) is 5.69 Å². The fraction of sp³-hybridized carbons (Fsp3) is 0.300. The highest BCUT2D eigenvalue weighted by molar-refractivity contribution is 7.13. The Kier molecular flexibility index (Phi) is 5.39. The molecule has 0 atom stereocenters. The van der Waals surface area contributed by atoms with Crippen molar-refractivity contribution < 1.29 is 18.7 Å². The third-order valence-electron chi connectivity index (χ3n) is 4.64. The molecule has 0 fully saturated rings. The summed E-state index contributed by atoms with van der Waals surface area (Å²) in [7, 11) is 0. The average molecular weight is 414 g/mol. The molecular weight excluding hydrogens is 395 g/mol. The Morgan fingerprint density at radius 1 is 1.24 bits per heavy atom. The van der Waals surface area contributed by atoms with Crippen LogP contribution in [0.2, 0.25) is 0 Å². The summed E-state index contributed by atoms with van der Waals surface area (Å²) in [6.07, 6.45) is 3.43. The number of esters is 1. The van der Waals surface area contributed by atoms with Crippen molar-refractivity contribution in [3.05, 3.63) is 58.1 Å². The van der Waals surface area contributed by atoms with Crippen LogP contribution in [0.1, 0.15) is 40.3 Å². The highest BCUT2D eigenvalue weighted by atomic mass is 32.1. The Balaban J connectivity index is 1.50. The monoisotopic (exact) mass is 414 g/mol. The summed E-state index contributed by atoms with van der Waals surface area (Å²) in [5.74, 6) is -1.44. The second-order valence-electron chi connectivity index (χ2n) is 6.79. The van der Waals surface area contributed by atoms with Crippen molar-refractivity contribution in [3.8, 4) is 5.69 Å². The molecule has 0 spiro atoms. The van der Waals surface area contributed by atoms with Crippen molar-refractivity contribution in [1.82, 2.24) is 14.8 Å². The number of fused-ring (bicyclic) bond motifs is 1. The zero-order valence-electron chi connectivity index (χ0n) is 15.8. The zero-order valence-corrected chi connectivity index (χ0v) is 16.6. The van der Waals surface area contributed by atoms with Gasteiger partial charge >= 0.3 is 5.97 Å². The van der Waals surface area contributed by atoms with Crippen LogP contribution in [0.4, 0.5) is 9.52 Å². The standard InChI is InChI=1S/C20H19FN4O3S/c1-12-11-29-20(22-12)23-17(26)10-28-19(27)18-15-4-2-3-5-16(15)25(24-18)14-8-6-13(21)7-9-14/h6-9,11H,2-5,10H2,1H3,(H,22,23,26). The summed E-state index contributed by atoms with van der Waals surface area (Å²) in [4.78, 5) is 28.8. The topological polar surface area (TPSA) is 86.1 Å². The summed E-state index contributed by atoms with van der Waals surface area (Å²) in [6, 6.07) is 5.95. The second kappa shape index (κ2) is 8.12. The quantitative estimate of drug-likeness (QED) is 0.647. The second-order valence-corrected chi connectivity index (χ2v) is 7.65. The van der Waals surface area contributed by atoms with Crippen molar-refractivity contribution >= 4 is 28.3 Å². The van der Waals surface area contributed by atoms with E-state index in [2.05, 4.69) is 15.4 Å². The van der Waals surface area contributed by atoms with Crippen molar-refractivity contribution in [2.45, 2.75) is 32.6 Å². The number of hydrogen-bond donors (Lipinski definition) is 1. The molecule has 3 aromatic rings. The number of halogens is 1. The molecule has 0 bridgehead atoms. The molecule has 1 amide bonds. The van der Waals surface area contributed by atoms with E-state index in [-0.39, 0.29) is 11.5 Å². The Morgan fingerprint density at radius 2 is 2.00 bits per heavy atom. The lowest BCUT2D eigenvalue weighted by molar-refractivity contribution is -0.119. The van der Waals surface area contributed by atoms with E-state index in [4.69, 9.17) is 4.74 Å². The largest absolute Gasteiger partial charge is 0.451 e. The third kappa shape index (κ3) is 4.19. The maximum absolute atomic E-state index is 13.3. The van der Waals surface area contributed by atoms with Crippen LogP contribution < -0.4 is 5.32 Å². The van der Waals surface area contributed by atoms with Crippen LogP contribution >= 0.6 is 11.3 Å². The number of amides is 1. The van der Waals surface area contributed by atoms with Gasteiger partial charge in [-0.05, 0) is 56.9 Å². The van der Waals surface area contributed by atoms with Crippen molar-refractivity contribution in [2.24, 2.45) is 0 Å². The van der Waals surface area contributed by atoms with E-state index in [0.717, 1.165) is 36.2 Å². The Morgan fingerprint density at radius 3 is 2.72 bits per heavy atom. The van der Waals surface area contributed by atoms with Crippen molar-refractivity contribution in [2.75, 3.05) is 11.9 Å². The summed E-state index contributed by atoms with van der Waals surface area (Å²) in [5, 5.41) is 9.31. The first-order valence-electron chi connectivity index (χ1n) is 9.27. The molecule has 1 aliphatic rings. The molecule has 0 saturated carbocycles. The number of ether oxygens (including phenoxy) is 1. The normalized spacial score (nSPS) is 13.0. The highest BCUT2D eigenvalue weighted by Crippen LogP contribution is 2.27. The molecule has 4 rings (SSSR count). The molecule has 0 unspecified atom stereocenters. The molecule has 9 heteroatoms. The molecule has 29 heavy (non-hydrogen) atoms. The minimum Gasteiger partial charge on any atom is -0.451 e. The molecule has 1 aliphatic carbocycles. The smallest absolute Gasteiger partial charge is 0.359 e. The fourth-order valence-corrected chi connectivity index (χ4v) is 4.03. The van der Waals surface area contributed by atoms with Gasteiger partial charge in [-0.1, -0.05) is 0 Å². The number of hydrogen-bond acceptors (Lipinski definition) is 6. The number of nitrogens with one attached hydrogen (secondary N) is 1. The molecule has 0 radical (unpaired) electrons. The number of carbonyl (C=O) groups is 2. The van der Waals surface area contributed by atoms with E-state index < -0.39 is 18.5 Å². The molecule has 2 heterocycles. The van der Waals surface area contributed by atoms with Gasteiger partial charge in [-0.2, -0.15) is 5.10 Å². The first-order valence-corrected chi connectivity index (χ1v) is 10.1. The van der Waals surface area contributed by atoms with Gasteiger partial charge in [-0.15, -0.1) is 11.3 Å². The van der Waals surface area contributed by atoms with Gasteiger partial charge in [0.1, 0.15) is 5.82 Å². The van der Waals surface area contributed by atoms with E-state index in [1.54, 1.807) is 16.8 Å². The average Bonchev–Trinajstić information content (AvgIpc) is 3.30. The van der Waals surface area contributed by atoms with Gasteiger partial charge in [0, 0.05) is 16.6 Å². The van der Waals surface area contributed by atoms with Crippen LogP contribution in [0.5, 0.6) is 0 Å². The van der Waals surface area contributed by atoms with Crippen LogP contribution in [0, 0.1) is 12.7 Å². The van der Waals surface area contributed by atoms with E-state index in [0.29, 0.717) is 17.2 Å².